The summed E-state index contributed by atoms with van der Waals surface area (Å²) >= 11 is 0. The maximum atomic E-state index is 13.1. The van der Waals surface area contributed by atoms with E-state index in [1.54, 1.807) is 6.08 Å². The first-order valence-electron chi connectivity index (χ1n) is 32.7. The predicted molar refractivity (Wildman–Crippen MR) is 318 cm³/mol. The highest BCUT2D eigenvalue weighted by molar-refractivity contribution is 5.76. The summed E-state index contributed by atoms with van der Waals surface area (Å²) in [6.07, 6.45) is 66.7. The van der Waals surface area contributed by atoms with Crippen LogP contribution >= 0.6 is 0 Å². The number of allylic oxidation sites excluding steroid dienone is 5. The number of carbonyl (C=O) groups is 1. The number of ether oxygens (including phenoxy) is 2. The van der Waals surface area contributed by atoms with E-state index in [2.05, 4.69) is 43.5 Å². The van der Waals surface area contributed by atoms with Crippen molar-refractivity contribution in [3.05, 3.63) is 36.5 Å². The van der Waals surface area contributed by atoms with Crippen LogP contribution in [0.3, 0.4) is 0 Å². The van der Waals surface area contributed by atoms with E-state index in [1.807, 2.05) is 6.08 Å². The third-order valence-electron chi connectivity index (χ3n) is 15.7. The van der Waals surface area contributed by atoms with Gasteiger partial charge in [-0.3, -0.25) is 4.79 Å². The average Bonchev–Trinajstić information content (AvgIpc) is 3.41. The van der Waals surface area contributed by atoms with Gasteiger partial charge in [-0.15, -0.1) is 0 Å². The van der Waals surface area contributed by atoms with E-state index in [0.29, 0.717) is 6.42 Å². The molecule has 442 valence electrons. The predicted octanol–water partition coefficient (Wildman–Crippen LogP) is 17.1. The molecule has 7 unspecified atom stereocenters. The van der Waals surface area contributed by atoms with Crippen molar-refractivity contribution in [1.29, 1.82) is 0 Å². The maximum absolute atomic E-state index is 13.1. The number of carbonyl (C=O) groups excluding carboxylic acids is 1. The Morgan fingerprint density at radius 3 is 1.12 bits per heavy atom. The zero-order chi connectivity index (χ0) is 54.3. The van der Waals surface area contributed by atoms with E-state index in [0.717, 1.165) is 38.5 Å². The lowest BCUT2D eigenvalue weighted by atomic mass is 9.99. The zero-order valence-corrected chi connectivity index (χ0v) is 49.3. The molecule has 0 aromatic heterocycles. The molecule has 1 saturated heterocycles. The largest absolute Gasteiger partial charge is 0.394 e. The minimum Gasteiger partial charge on any atom is -0.394 e. The summed E-state index contributed by atoms with van der Waals surface area (Å²) in [5, 5.41) is 54.6. The van der Waals surface area contributed by atoms with Gasteiger partial charge in [0.05, 0.1) is 25.4 Å². The van der Waals surface area contributed by atoms with Crippen molar-refractivity contribution in [1.82, 2.24) is 5.32 Å². The molecule has 0 saturated carbocycles. The maximum Gasteiger partial charge on any atom is 0.220 e. The summed E-state index contributed by atoms with van der Waals surface area (Å²) in [4.78, 5) is 13.1. The van der Waals surface area contributed by atoms with Crippen LogP contribution in [0.4, 0.5) is 0 Å². The third-order valence-corrected chi connectivity index (χ3v) is 15.7. The van der Waals surface area contributed by atoms with E-state index in [1.165, 1.54) is 263 Å². The molecule has 1 aliphatic rings. The molecule has 0 aromatic carbocycles. The Morgan fingerprint density at radius 2 is 0.760 bits per heavy atom. The van der Waals surface area contributed by atoms with Crippen LogP contribution in [-0.2, 0) is 14.3 Å². The summed E-state index contributed by atoms with van der Waals surface area (Å²) < 4.78 is 11.3. The van der Waals surface area contributed by atoms with E-state index in [-0.39, 0.29) is 12.5 Å². The fourth-order valence-electron chi connectivity index (χ4n) is 10.5. The average molecular weight is 1060 g/mol. The highest BCUT2D eigenvalue weighted by Gasteiger charge is 2.44. The molecule has 1 aliphatic heterocycles. The van der Waals surface area contributed by atoms with Crippen molar-refractivity contribution in [2.45, 2.75) is 365 Å². The van der Waals surface area contributed by atoms with Gasteiger partial charge >= 0.3 is 0 Å². The quantitative estimate of drug-likeness (QED) is 0.0261. The summed E-state index contributed by atoms with van der Waals surface area (Å²) in [6, 6.07) is -0.820. The second-order valence-corrected chi connectivity index (χ2v) is 22.9. The molecule has 0 spiro atoms. The molecule has 9 heteroatoms. The molecule has 0 radical (unpaired) electrons. The van der Waals surface area contributed by atoms with Gasteiger partial charge in [0.25, 0.3) is 0 Å². The number of aliphatic hydroxyl groups excluding tert-OH is 5. The number of unbranched alkanes of at least 4 members (excludes halogenated alkanes) is 43. The van der Waals surface area contributed by atoms with Gasteiger partial charge in [0.15, 0.2) is 6.29 Å². The van der Waals surface area contributed by atoms with Gasteiger partial charge in [-0.05, 0) is 57.8 Å². The zero-order valence-electron chi connectivity index (χ0n) is 49.3. The molecule has 1 rings (SSSR count). The second kappa shape index (κ2) is 55.7. The molecule has 0 bridgehead atoms. The van der Waals surface area contributed by atoms with Crippen LogP contribution in [0, 0.1) is 0 Å². The van der Waals surface area contributed by atoms with Crippen LogP contribution in [0.2, 0.25) is 0 Å². The molecular formula is C66H125NO8. The van der Waals surface area contributed by atoms with Crippen molar-refractivity contribution in [3.8, 4) is 0 Å². The minimum absolute atomic E-state index is 0.181. The molecular weight excluding hydrogens is 935 g/mol. The summed E-state index contributed by atoms with van der Waals surface area (Å²) in [5.41, 5.74) is 0. The standard InChI is InChI=1S/C66H125NO8/c1-3-5-7-9-11-13-15-17-19-21-23-24-25-26-27-28-29-30-31-32-33-34-35-36-38-40-42-44-46-48-50-52-54-56-62(70)67-59(58-74-66-65(73)64(72)63(71)61(57-68)75-66)60(69)55-53-51-49-47-45-43-41-39-37-22-20-18-16-14-12-10-8-6-4-2/h21,23,45,47,53,55,59-61,63-66,68-69,71-73H,3-20,22,24-44,46,48-52,54,56-58H2,1-2H3,(H,67,70)/b23-21-,47-45+,55-53+. The molecule has 1 amide bonds. The fraction of sp³-hybridized carbons (Fsp3) is 0.894. The molecule has 1 fully saturated rings. The Bertz CT molecular complexity index is 1270. The Labute approximate surface area is 463 Å². The highest BCUT2D eigenvalue weighted by atomic mass is 16.7. The van der Waals surface area contributed by atoms with Crippen molar-refractivity contribution in [3.63, 3.8) is 0 Å². The van der Waals surface area contributed by atoms with Gasteiger partial charge in [-0.2, -0.15) is 0 Å². The van der Waals surface area contributed by atoms with Crippen LogP contribution in [0.25, 0.3) is 0 Å². The van der Waals surface area contributed by atoms with E-state index < -0.39 is 49.5 Å². The Hall–Kier alpha value is -1.59. The van der Waals surface area contributed by atoms with Crippen molar-refractivity contribution < 1.29 is 39.8 Å². The topological polar surface area (TPSA) is 149 Å². The first-order chi connectivity index (χ1) is 36.8. The number of nitrogens with one attached hydrogen (secondary N) is 1. The first-order valence-corrected chi connectivity index (χ1v) is 32.7. The third kappa shape index (κ3) is 44.9. The van der Waals surface area contributed by atoms with Gasteiger partial charge in [0, 0.05) is 6.42 Å². The summed E-state index contributed by atoms with van der Waals surface area (Å²) in [5.74, 6) is -0.181. The van der Waals surface area contributed by atoms with Crippen molar-refractivity contribution in [2.24, 2.45) is 0 Å². The van der Waals surface area contributed by atoms with E-state index >= 15 is 0 Å². The molecule has 9 nitrogen and oxygen atoms in total. The highest BCUT2D eigenvalue weighted by Crippen LogP contribution is 2.23. The van der Waals surface area contributed by atoms with E-state index in [9.17, 15) is 30.3 Å². The molecule has 0 aliphatic carbocycles. The lowest BCUT2D eigenvalue weighted by molar-refractivity contribution is -0.302. The SMILES string of the molecule is CCCCCCCCCC/C=C\CCCCCCCCCCCCCCCCCCCCCCCC(=O)NC(COC1OC(CO)C(O)C(O)C1O)C(O)/C=C/CC/C=C/CCCCCCCCCCCCCCC. The van der Waals surface area contributed by atoms with Gasteiger partial charge in [-0.1, -0.05) is 294 Å². The molecule has 6 N–H and O–H groups in total. The summed E-state index contributed by atoms with van der Waals surface area (Å²) in [6.45, 7) is 3.80. The molecule has 75 heavy (non-hydrogen) atoms. The number of aliphatic hydroxyl groups is 5. The monoisotopic (exact) mass is 1060 g/mol. The van der Waals surface area contributed by atoms with Crippen molar-refractivity contribution >= 4 is 5.91 Å². The first kappa shape index (κ1) is 71.4. The van der Waals surface area contributed by atoms with Crippen molar-refractivity contribution in [2.75, 3.05) is 13.2 Å². The van der Waals surface area contributed by atoms with Crippen LogP contribution in [0.15, 0.2) is 36.5 Å². The smallest absolute Gasteiger partial charge is 0.220 e. The van der Waals surface area contributed by atoms with Gasteiger partial charge in [0.1, 0.15) is 24.4 Å². The Morgan fingerprint density at radius 1 is 0.440 bits per heavy atom. The second-order valence-electron chi connectivity index (χ2n) is 22.9. The van der Waals surface area contributed by atoms with Gasteiger partial charge < -0.3 is 40.3 Å². The molecule has 7 atom stereocenters. The van der Waals surface area contributed by atoms with Crippen LogP contribution in [0.5, 0.6) is 0 Å². The van der Waals surface area contributed by atoms with Crippen LogP contribution in [0.1, 0.15) is 322 Å². The minimum atomic E-state index is -1.57. The summed E-state index contributed by atoms with van der Waals surface area (Å²) in [7, 11) is 0. The fourth-order valence-corrected chi connectivity index (χ4v) is 10.5. The van der Waals surface area contributed by atoms with Crippen LogP contribution < -0.4 is 5.32 Å². The molecule has 0 aromatic rings. The Balaban J connectivity index is 2.13. The number of amides is 1. The number of rotatable bonds is 57. The Kier molecular flexibility index (Phi) is 53.1. The van der Waals surface area contributed by atoms with E-state index in [4.69, 9.17) is 9.47 Å². The van der Waals surface area contributed by atoms with Gasteiger partial charge in [0.2, 0.25) is 5.91 Å². The van der Waals surface area contributed by atoms with Gasteiger partial charge in [-0.25, -0.2) is 0 Å². The number of hydrogen-bond acceptors (Lipinski definition) is 8. The van der Waals surface area contributed by atoms with Crippen LogP contribution in [-0.4, -0.2) is 87.5 Å². The number of hydrogen-bond donors (Lipinski definition) is 6. The lowest BCUT2D eigenvalue weighted by Crippen LogP contribution is -2.60. The molecule has 1 heterocycles. The normalized spacial score (nSPS) is 19.1. The lowest BCUT2D eigenvalue weighted by Gasteiger charge is -2.40.